The molecule has 5 atom stereocenters. The van der Waals surface area contributed by atoms with E-state index in [9.17, 15) is 30.0 Å². The molecule has 2 aliphatic rings. The quantitative estimate of drug-likeness (QED) is 0.0877. The Morgan fingerprint density at radius 1 is 0.745 bits per heavy atom. The number of terminal acetylenes is 1. The molecule has 15 heteroatoms. The van der Waals surface area contributed by atoms with Gasteiger partial charge >= 0.3 is 11.9 Å². The SMILES string of the molecule is C#CCCCSSCCCN1CCCN(CC(=O)OC(C)(C)C)CCN([C@@H]2O[C@H](CO)[C@@H](O)[C@H](O)[C@H]2O)CCCN(CC(=O)OC(C)(C)C)CC1. The lowest BCUT2D eigenvalue weighted by molar-refractivity contribution is -0.265. The molecule has 13 nitrogen and oxygen atoms in total. The minimum absolute atomic E-state index is 0.0942. The Morgan fingerprint density at radius 2 is 1.25 bits per heavy atom. The van der Waals surface area contributed by atoms with Crippen molar-refractivity contribution < 1.29 is 44.2 Å². The summed E-state index contributed by atoms with van der Waals surface area (Å²) in [6.07, 6.45) is 3.16. The van der Waals surface area contributed by atoms with Gasteiger partial charge in [0.2, 0.25) is 0 Å². The van der Waals surface area contributed by atoms with Crippen LogP contribution in [0.3, 0.4) is 0 Å². The Hall–Kier alpha value is -1.16. The Kier molecular flexibility index (Phi) is 21.3. The highest BCUT2D eigenvalue weighted by Gasteiger charge is 2.45. The number of carbonyl (C=O) groups is 2. The van der Waals surface area contributed by atoms with Gasteiger partial charge in [-0.3, -0.25) is 24.3 Å². The van der Waals surface area contributed by atoms with E-state index >= 15 is 0 Å². The lowest BCUT2D eigenvalue weighted by atomic mass is 9.97. The third-order valence-electron chi connectivity index (χ3n) is 8.41. The monoisotopic (exact) mass is 762 g/mol. The zero-order valence-corrected chi connectivity index (χ0v) is 33.5. The molecule has 0 saturated carbocycles. The van der Waals surface area contributed by atoms with E-state index in [1.54, 1.807) is 0 Å². The molecule has 0 bridgehead atoms. The zero-order valence-electron chi connectivity index (χ0n) is 31.8. The second-order valence-electron chi connectivity index (χ2n) is 15.3. The van der Waals surface area contributed by atoms with E-state index in [0.717, 1.165) is 56.8 Å². The molecular formula is C36H66N4O9S2. The lowest BCUT2D eigenvalue weighted by Gasteiger charge is -2.45. The van der Waals surface area contributed by atoms with E-state index in [0.29, 0.717) is 45.7 Å². The highest BCUT2D eigenvalue weighted by molar-refractivity contribution is 8.76. The zero-order chi connectivity index (χ0) is 38.0. The van der Waals surface area contributed by atoms with Gasteiger partial charge in [0.25, 0.3) is 0 Å². The third kappa shape index (κ3) is 19.1. The average Bonchev–Trinajstić information content (AvgIpc) is 3.02. The van der Waals surface area contributed by atoms with Crippen LogP contribution in [0.5, 0.6) is 0 Å². The van der Waals surface area contributed by atoms with Crippen LogP contribution in [0.25, 0.3) is 0 Å². The van der Waals surface area contributed by atoms with E-state index in [-0.39, 0.29) is 25.0 Å². The number of ether oxygens (including phenoxy) is 3. The molecule has 2 rings (SSSR count). The Balaban J connectivity index is 2.25. The molecule has 51 heavy (non-hydrogen) atoms. The van der Waals surface area contributed by atoms with Crippen LogP contribution in [0.1, 0.15) is 73.6 Å². The van der Waals surface area contributed by atoms with Crippen LogP contribution in [0.2, 0.25) is 0 Å². The van der Waals surface area contributed by atoms with Crippen molar-refractivity contribution >= 4 is 33.5 Å². The number of rotatable bonds is 14. The number of aliphatic hydroxyl groups excluding tert-OH is 4. The van der Waals surface area contributed by atoms with Gasteiger partial charge < -0.3 is 39.5 Å². The van der Waals surface area contributed by atoms with Crippen molar-refractivity contribution in [2.24, 2.45) is 0 Å². The molecular weight excluding hydrogens is 697 g/mol. The molecule has 0 aromatic carbocycles. The molecule has 0 aromatic rings. The van der Waals surface area contributed by atoms with E-state index in [2.05, 4.69) is 15.7 Å². The largest absolute Gasteiger partial charge is 0.459 e. The van der Waals surface area contributed by atoms with Gasteiger partial charge in [-0.25, -0.2) is 0 Å². The molecule has 2 aliphatic heterocycles. The fourth-order valence-electron chi connectivity index (χ4n) is 6.00. The van der Waals surface area contributed by atoms with Crippen molar-refractivity contribution in [3.05, 3.63) is 0 Å². The molecule has 2 saturated heterocycles. The van der Waals surface area contributed by atoms with Crippen molar-refractivity contribution in [1.82, 2.24) is 19.6 Å². The first-order valence-corrected chi connectivity index (χ1v) is 20.8. The Morgan fingerprint density at radius 3 is 1.80 bits per heavy atom. The minimum atomic E-state index is -1.51. The molecule has 0 spiro atoms. The van der Waals surface area contributed by atoms with Crippen molar-refractivity contribution in [2.45, 2.75) is 115 Å². The summed E-state index contributed by atoms with van der Waals surface area (Å²) in [6.45, 7) is 16.3. The molecule has 2 heterocycles. The summed E-state index contributed by atoms with van der Waals surface area (Å²) < 4.78 is 17.3. The van der Waals surface area contributed by atoms with Crippen LogP contribution < -0.4 is 0 Å². The maximum Gasteiger partial charge on any atom is 0.320 e. The van der Waals surface area contributed by atoms with Crippen LogP contribution in [0.4, 0.5) is 0 Å². The van der Waals surface area contributed by atoms with Gasteiger partial charge in [-0.15, -0.1) is 12.3 Å². The third-order valence-corrected chi connectivity index (χ3v) is 11.0. The molecule has 296 valence electrons. The summed E-state index contributed by atoms with van der Waals surface area (Å²) in [6, 6.07) is 0. The van der Waals surface area contributed by atoms with Gasteiger partial charge in [0.05, 0.1) is 19.7 Å². The van der Waals surface area contributed by atoms with Crippen LogP contribution in [0, 0.1) is 12.3 Å². The molecule has 0 aliphatic carbocycles. The summed E-state index contributed by atoms with van der Waals surface area (Å²) >= 11 is 0. The van der Waals surface area contributed by atoms with E-state index in [1.165, 1.54) is 0 Å². The van der Waals surface area contributed by atoms with Crippen molar-refractivity contribution in [2.75, 3.05) is 90.1 Å². The maximum atomic E-state index is 13.0. The minimum Gasteiger partial charge on any atom is -0.459 e. The summed E-state index contributed by atoms with van der Waals surface area (Å²) in [5, 5.41) is 41.9. The Labute approximate surface area is 314 Å². The highest BCUT2D eigenvalue weighted by Crippen LogP contribution is 2.25. The number of hydrogen-bond donors (Lipinski definition) is 4. The van der Waals surface area contributed by atoms with E-state index in [1.807, 2.05) is 72.9 Å². The first-order valence-electron chi connectivity index (χ1n) is 18.4. The highest BCUT2D eigenvalue weighted by atomic mass is 33.1. The summed E-state index contributed by atoms with van der Waals surface area (Å²) in [4.78, 5) is 34.4. The van der Waals surface area contributed by atoms with Crippen LogP contribution in [-0.2, 0) is 23.8 Å². The van der Waals surface area contributed by atoms with Gasteiger partial charge in [0.1, 0.15) is 41.8 Å². The smallest absolute Gasteiger partial charge is 0.320 e. The standard InChI is InChI=1S/C36H66N4O9S2/c1-8-9-10-23-50-51-24-13-17-37-14-11-15-39(26-30(43)49-36(5,6)7)21-22-40(34-33(46)32(45)31(44)28(27-41)47-34)18-12-16-38(20-19-37)25-29(42)48-35(2,3)4/h1,28,31-34,41,44-46H,9-27H2,2-7H3/t28-,31-,32+,33-,34-/m1/s1. The maximum absolute atomic E-state index is 13.0. The molecule has 2 fully saturated rings. The van der Waals surface area contributed by atoms with Crippen LogP contribution in [-0.4, -0.2) is 184 Å². The second-order valence-corrected chi connectivity index (χ2v) is 18.0. The van der Waals surface area contributed by atoms with E-state index in [4.69, 9.17) is 20.6 Å². The predicted molar refractivity (Wildman–Crippen MR) is 203 cm³/mol. The van der Waals surface area contributed by atoms with Crippen molar-refractivity contribution in [3.8, 4) is 12.3 Å². The van der Waals surface area contributed by atoms with Gasteiger partial charge in [-0.2, -0.15) is 0 Å². The topological polar surface area (TPSA) is 156 Å². The number of hydrogen-bond acceptors (Lipinski definition) is 15. The van der Waals surface area contributed by atoms with Crippen LogP contribution >= 0.6 is 21.6 Å². The normalized spacial score (nSPS) is 26.3. The van der Waals surface area contributed by atoms with Gasteiger partial charge in [-0.05, 0) is 80.3 Å². The van der Waals surface area contributed by atoms with Gasteiger partial charge in [0, 0.05) is 63.7 Å². The van der Waals surface area contributed by atoms with E-state index < -0.39 is 48.5 Å². The number of unbranched alkanes of at least 4 members (excludes halogenated alkanes) is 1. The van der Waals surface area contributed by atoms with Gasteiger partial charge in [0.15, 0.2) is 0 Å². The molecule has 4 N–H and O–H groups in total. The number of nitrogens with zero attached hydrogens (tertiary/aromatic N) is 4. The fraction of sp³-hybridized carbons (Fsp3) is 0.889. The van der Waals surface area contributed by atoms with Crippen molar-refractivity contribution in [1.29, 1.82) is 0 Å². The molecule has 0 amide bonds. The molecule has 0 radical (unpaired) electrons. The molecule has 0 aromatic heterocycles. The number of aliphatic hydroxyl groups is 4. The second kappa shape index (κ2) is 23.6. The van der Waals surface area contributed by atoms with Crippen molar-refractivity contribution in [3.63, 3.8) is 0 Å². The summed E-state index contributed by atoms with van der Waals surface area (Å²) in [7, 11) is 3.74. The average molecular weight is 763 g/mol. The summed E-state index contributed by atoms with van der Waals surface area (Å²) in [5.74, 6) is 4.14. The fourth-order valence-corrected chi connectivity index (χ4v) is 8.16. The number of carbonyl (C=O) groups excluding carboxylic acids is 2. The Bertz CT molecular complexity index is 1050. The number of esters is 2. The first-order chi connectivity index (χ1) is 24.0. The lowest BCUT2D eigenvalue weighted by Crippen LogP contribution is -2.64. The molecule has 0 unspecified atom stereocenters. The van der Waals surface area contributed by atoms with Gasteiger partial charge in [-0.1, -0.05) is 21.6 Å². The first kappa shape index (κ1) is 46.0. The predicted octanol–water partition coefficient (Wildman–Crippen LogP) is 1.66. The van der Waals surface area contributed by atoms with Crippen LogP contribution in [0.15, 0.2) is 0 Å². The summed E-state index contributed by atoms with van der Waals surface area (Å²) in [5.41, 5.74) is -1.23.